The van der Waals surface area contributed by atoms with E-state index in [2.05, 4.69) is 11.9 Å². The fourth-order valence-electron chi connectivity index (χ4n) is 2.90. The number of methoxy groups -OCH3 is 1. The Morgan fingerprint density at radius 3 is 2.90 bits per heavy atom. The average molecular weight is 279 g/mol. The van der Waals surface area contributed by atoms with Crippen LogP contribution in [0.5, 0.6) is 5.75 Å². The Labute approximate surface area is 121 Å². The fourth-order valence-corrected chi connectivity index (χ4v) is 2.90. The zero-order valence-electron chi connectivity index (χ0n) is 12.6. The molecular formula is C16H25NO3. The molecule has 1 saturated heterocycles. The van der Waals surface area contributed by atoms with Gasteiger partial charge in [-0.1, -0.05) is 6.07 Å². The van der Waals surface area contributed by atoms with Crippen LogP contribution in [0.3, 0.4) is 0 Å². The van der Waals surface area contributed by atoms with Crippen LogP contribution in [0.2, 0.25) is 0 Å². The van der Waals surface area contributed by atoms with E-state index in [9.17, 15) is 5.11 Å². The summed E-state index contributed by atoms with van der Waals surface area (Å²) in [5, 5.41) is 10.0. The smallest absolute Gasteiger partial charge is 0.126 e. The Morgan fingerprint density at radius 1 is 1.50 bits per heavy atom. The lowest BCUT2D eigenvalue weighted by atomic mass is 10.0. The van der Waals surface area contributed by atoms with Gasteiger partial charge in [-0.2, -0.15) is 0 Å². The minimum Gasteiger partial charge on any atom is -0.496 e. The summed E-state index contributed by atoms with van der Waals surface area (Å²) in [6.45, 7) is 4.43. The number of anilines is 1. The van der Waals surface area contributed by atoms with Crippen molar-refractivity contribution < 1.29 is 14.6 Å². The van der Waals surface area contributed by atoms with Gasteiger partial charge in [0.2, 0.25) is 0 Å². The van der Waals surface area contributed by atoms with Crippen LogP contribution in [-0.2, 0) is 4.74 Å². The third kappa shape index (κ3) is 3.44. The first kappa shape index (κ1) is 15.1. The molecule has 0 bridgehead atoms. The lowest BCUT2D eigenvalue weighted by molar-refractivity contribution is 0.0576. The third-order valence-electron chi connectivity index (χ3n) is 3.88. The minimum absolute atomic E-state index is 0.550. The molecule has 1 aromatic carbocycles. The summed E-state index contributed by atoms with van der Waals surface area (Å²) in [6.07, 6.45) is 1.80. The van der Waals surface area contributed by atoms with Crippen molar-refractivity contribution in [1.82, 2.24) is 0 Å². The van der Waals surface area contributed by atoms with Crippen molar-refractivity contribution in [3.8, 4) is 5.75 Å². The number of rotatable bonds is 5. The summed E-state index contributed by atoms with van der Waals surface area (Å²) in [4.78, 5) is 2.20. The largest absolute Gasteiger partial charge is 0.496 e. The van der Waals surface area contributed by atoms with E-state index in [-0.39, 0.29) is 0 Å². The Bertz CT molecular complexity index is 428. The number of hydrogen-bond donors (Lipinski definition) is 1. The first-order valence-electron chi connectivity index (χ1n) is 7.27. The van der Waals surface area contributed by atoms with Gasteiger partial charge in [0.05, 0.1) is 19.8 Å². The molecule has 0 amide bonds. The summed E-state index contributed by atoms with van der Waals surface area (Å²) in [7, 11) is 3.70. The standard InChI is InChI=1S/C16H25NO3/c1-12(18)16-14(7-4-8-15(16)19-3)17(2)10-13-6-5-9-20-11-13/h4,7-8,12-13,18H,5-6,9-11H2,1-3H3. The summed E-state index contributed by atoms with van der Waals surface area (Å²) in [5.41, 5.74) is 1.89. The molecule has 0 spiro atoms. The highest BCUT2D eigenvalue weighted by Crippen LogP contribution is 2.34. The van der Waals surface area contributed by atoms with Gasteiger partial charge in [0.25, 0.3) is 0 Å². The molecule has 0 saturated carbocycles. The van der Waals surface area contributed by atoms with Crippen molar-refractivity contribution in [3.63, 3.8) is 0 Å². The molecule has 1 N–H and O–H groups in total. The Morgan fingerprint density at radius 2 is 2.30 bits per heavy atom. The van der Waals surface area contributed by atoms with Crippen LogP contribution in [0.25, 0.3) is 0 Å². The molecule has 1 aliphatic rings. The van der Waals surface area contributed by atoms with Crippen molar-refractivity contribution >= 4 is 5.69 Å². The first-order chi connectivity index (χ1) is 9.63. The highest BCUT2D eigenvalue weighted by Gasteiger charge is 2.20. The highest BCUT2D eigenvalue weighted by molar-refractivity contribution is 5.60. The van der Waals surface area contributed by atoms with Gasteiger partial charge in [-0.05, 0) is 37.8 Å². The maximum Gasteiger partial charge on any atom is 0.126 e. The van der Waals surface area contributed by atoms with Crippen LogP contribution in [0, 0.1) is 5.92 Å². The lowest BCUT2D eigenvalue weighted by Crippen LogP contribution is -2.31. The normalized spacial score (nSPS) is 20.5. The van der Waals surface area contributed by atoms with E-state index in [1.165, 1.54) is 6.42 Å². The van der Waals surface area contributed by atoms with E-state index in [4.69, 9.17) is 9.47 Å². The number of hydrogen-bond acceptors (Lipinski definition) is 4. The third-order valence-corrected chi connectivity index (χ3v) is 3.88. The van der Waals surface area contributed by atoms with Gasteiger partial charge in [-0.25, -0.2) is 0 Å². The van der Waals surface area contributed by atoms with Crippen LogP contribution in [-0.4, -0.2) is 39.0 Å². The quantitative estimate of drug-likeness (QED) is 0.899. The van der Waals surface area contributed by atoms with Crippen LogP contribution < -0.4 is 9.64 Å². The van der Waals surface area contributed by atoms with Crippen LogP contribution in [0.4, 0.5) is 5.69 Å². The molecule has 1 aromatic rings. The molecule has 20 heavy (non-hydrogen) atoms. The summed E-state index contributed by atoms with van der Waals surface area (Å²) in [5.74, 6) is 1.30. The second-order valence-corrected chi connectivity index (χ2v) is 5.53. The van der Waals surface area contributed by atoms with Crippen molar-refractivity contribution in [1.29, 1.82) is 0 Å². The maximum absolute atomic E-state index is 10.0. The van der Waals surface area contributed by atoms with Gasteiger partial charge in [-0.15, -0.1) is 0 Å². The van der Waals surface area contributed by atoms with Gasteiger partial charge in [0.15, 0.2) is 0 Å². The number of nitrogens with zero attached hydrogens (tertiary/aromatic N) is 1. The van der Waals surface area contributed by atoms with Crippen molar-refractivity contribution in [2.24, 2.45) is 5.92 Å². The van der Waals surface area contributed by atoms with E-state index >= 15 is 0 Å². The molecule has 1 heterocycles. The van der Waals surface area contributed by atoms with E-state index in [1.54, 1.807) is 14.0 Å². The predicted molar refractivity (Wildman–Crippen MR) is 80.4 cm³/mol. The molecular weight excluding hydrogens is 254 g/mol. The van der Waals surface area contributed by atoms with Crippen LogP contribution in [0.1, 0.15) is 31.4 Å². The molecule has 0 radical (unpaired) electrons. The number of benzene rings is 1. The summed E-state index contributed by atoms with van der Waals surface area (Å²) < 4.78 is 10.9. The second-order valence-electron chi connectivity index (χ2n) is 5.53. The topological polar surface area (TPSA) is 41.9 Å². The van der Waals surface area contributed by atoms with Gasteiger partial charge in [0, 0.05) is 31.5 Å². The molecule has 0 aliphatic carbocycles. The van der Waals surface area contributed by atoms with Gasteiger partial charge >= 0.3 is 0 Å². The summed E-state index contributed by atoms with van der Waals surface area (Å²) in [6, 6.07) is 5.89. The van der Waals surface area contributed by atoms with Crippen LogP contribution in [0.15, 0.2) is 18.2 Å². The number of aliphatic hydroxyl groups is 1. The Kier molecular flexibility index (Phi) is 5.26. The molecule has 4 nitrogen and oxygen atoms in total. The van der Waals surface area contributed by atoms with E-state index < -0.39 is 6.10 Å². The van der Waals surface area contributed by atoms with E-state index in [0.717, 1.165) is 43.2 Å². The second kappa shape index (κ2) is 6.95. The molecule has 1 aliphatic heterocycles. The number of ether oxygens (including phenoxy) is 2. The Hall–Kier alpha value is -1.26. The Balaban J connectivity index is 2.17. The van der Waals surface area contributed by atoms with Crippen molar-refractivity contribution in [2.75, 3.05) is 38.8 Å². The average Bonchev–Trinajstić information content (AvgIpc) is 2.47. The van der Waals surface area contributed by atoms with Gasteiger partial charge < -0.3 is 19.5 Å². The molecule has 2 rings (SSSR count). The molecule has 2 unspecified atom stereocenters. The zero-order valence-corrected chi connectivity index (χ0v) is 12.6. The maximum atomic E-state index is 10.0. The van der Waals surface area contributed by atoms with E-state index in [0.29, 0.717) is 5.92 Å². The molecule has 0 aromatic heterocycles. The molecule has 1 fully saturated rings. The van der Waals surface area contributed by atoms with Crippen molar-refractivity contribution in [3.05, 3.63) is 23.8 Å². The van der Waals surface area contributed by atoms with Crippen LogP contribution >= 0.6 is 0 Å². The van der Waals surface area contributed by atoms with Crippen molar-refractivity contribution in [2.45, 2.75) is 25.9 Å². The molecule has 112 valence electrons. The predicted octanol–water partition coefficient (Wildman–Crippen LogP) is 2.61. The van der Waals surface area contributed by atoms with Gasteiger partial charge in [0.1, 0.15) is 5.75 Å². The zero-order chi connectivity index (χ0) is 14.5. The van der Waals surface area contributed by atoms with E-state index in [1.807, 2.05) is 18.2 Å². The monoisotopic (exact) mass is 279 g/mol. The molecule has 4 heteroatoms. The lowest BCUT2D eigenvalue weighted by Gasteiger charge is -2.30. The summed E-state index contributed by atoms with van der Waals surface area (Å²) >= 11 is 0. The number of aliphatic hydroxyl groups excluding tert-OH is 1. The highest BCUT2D eigenvalue weighted by atomic mass is 16.5. The van der Waals surface area contributed by atoms with Gasteiger partial charge in [-0.3, -0.25) is 0 Å². The SMILES string of the molecule is COc1cccc(N(C)CC2CCCOC2)c1C(C)O. The fraction of sp³-hybridized carbons (Fsp3) is 0.625. The first-order valence-corrected chi connectivity index (χ1v) is 7.27. The minimum atomic E-state index is -0.550. The molecule has 2 atom stereocenters.